The van der Waals surface area contributed by atoms with Crippen molar-refractivity contribution in [2.75, 3.05) is 19.7 Å². The van der Waals surface area contributed by atoms with Crippen LogP contribution < -0.4 is 4.74 Å². The van der Waals surface area contributed by atoms with Crippen LogP contribution in [0.3, 0.4) is 0 Å². The third-order valence-corrected chi connectivity index (χ3v) is 5.50. The molecule has 0 unspecified atom stereocenters. The molecule has 2 aromatic rings. The van der Waals surface area contributed by atoms with Gasteiger partial charge in [0, 0.05) is 25.2 Å². The predicted octanol–water partition coefficient (Wildman–Crippen LogP) is 5.33. The summed E-state index contributed by atoms with van der Waals surface area (Å²) in [6.45, 7) is 8.03. The van der Waals surface area contributed by atoms with Crippen molar-refractivity contribution >= 4 is 11.6 Å². The van der Waals surface area contributed by atoms with Crippen LogP contribution in [0.25, 0.3) is 11.6 Å². The summed E-state index contributed by atoms with van der Waals surface area (Å²) in [4.78, 5) is 2.48. The van der Waals surface area contributed by atoms with Gasteiger partial charge in [0.05, 0.1) is 0 Å². The highest BCUT2D eigenvalue weighted by molar-refractivity contribution is 5.84. The van der Waals surface area contributed by atoms with Crippen LogP contribution in [0.2, 0.25) is 0 Å². The van der Waals surface area contributed by atoms with Crippen molar-refractivity contribution in [3.8, 4) is 5.75 Å². The molecular weight excluding hydrogens is 318 g/mol. The largest absolute Gasteiger partial charge is 0.492 e. The molecule has 0 aromatic heterocycles. The molecule has 2 aliphatic rings. The Bertz CT molecular complexity index is 862. The van der Waals surface area contributed by atoms with Crippen molar-refractivity contribution in [3.05, 3.63) is 76.4 Å². The van der Waals surface area contributed by atoms with Gasteiger partial charge in [-0.05, 0) is 61.1 Å². The van der Waals surface area contributed by atoms with Gasteiger partial charge in [0.25, 0.3) is 0 Å². The minimum Gasteiger partial charge on any atom is -0.492 e. The summed E-state index contributed by atoms with van der Waals surface area (Å²) in [6.07, 6.45) is 6.80. The normalized spacial score (nSPS) is 17.6. The van der Waals surface area contributed by atoms with Crippen LogP contribution in [-0.4, -0.2) is 24.6 Å². The molecule has 0 saturated heterocycles. The van der Waals surface area contributed by atoms with Crippen molar-refractivity contribution in [1.29, 1.82) is 0 Å². The van der Waals surface area contributed by atoms with Gasteiger partial charge in [0.2, 0.25) is 0 Å². The highest BCUT2D eigenvalue weighted by Gasteiger charge is 2.18. The fourth-order valence-corrected chi connectivity index (χ4v) is 3.89. The molecule has 0 bridgehead atoms. The molecule has 2 nitrogen and oxygen atoms in total. The lowest BCUT2D eigenvalue weighted by atomic mass is 9.88. The minimum atomic E-state index is 0.763. The van der Waals surface area contributed by atoms with E-state index in [1.807, 2.05) is 0 Å². The van der Waals surface area contributed by atoms with Gasteiger partial charge < -0.3 is 4.74 Å². The highest BCUT2D eigenvalue weighted by atomic mass is 16.5. The van der Waals surface area contributed by atoms with Crippen LogP contribution in [-0.2, 0) is 13.0 Å². The van der Waals surface area contributed by atoms with Crippen LogP contribution in [0.4, 0.5) is 0 Å². The summed E-state index contributed by atoms with van der Waals surface area (Å²) >= 11 is 0. The Labute approximate surface area is 156 Å². The zero-order valence-electron chi connectivity index (χ0n) is 15.8. The fraction of sp³-hybridized carbons (Fsp3) is 0.333. The van der Waals surface area contributed by atoms with E-state index in [1.165, 1.54) is 33.4 Å². The maximum atomic E-state index is 6.01. The average molecular weight is 345 g/mol. The van der Waals surface area contributed by atoms with Crippen LogP contribution in [0.5, 0.6) is 5.75 Å². The van der Waals surface area contributed by atoms with Gasteiger partial charge in [-0.3, -0.25) is 4.90 Å². The lowest BCUT2D eigenvalue weighted by Crippen LogP contribution is -2.27. The van der Waals surface area contributed by atoms with E-state index in [0.717, 1.165) is 44.8 Å². The number of aryl methyl sites for hydroxylation is 1. The summed E-state index contributed by atoms with van der Waals surface area (Å²) in [7, 11) is 0. The summed E-state index contributed by atoms with van der Waals surface area (Å²) in [5, 5.41) is 0. The number of ether oxygens (including phenoxy) is 1. The number of allylic oxidation sites excluding steroid dienone is 2. The summed E-state index contributed by atoms with van der Waals surface area (Å²) in [5.41, 5.74) is 8.32. The van der Waals surface area contributed by atoms with E-state index in [9.17, 15) is 0 Å². The van der Waals surface area contributed by atoms with Gasteiger partial charge in [-0.1, -0.05) is 48.1 Å². The van der Waals surface area contributed by atoms with E-state index in [2.05, 4.69) is 73.4 Å². The maximum absolute atomic E-state index is 6.01. The number of benzene rings is 2. The first kappa shape index (κ1) is 17.1. The third-order valence-electron chi connectivity index (χ3n) is 5.50. The molecule has 0 radical (unpaired) electrons. The van der Waals surface area contributed by atoms with Gasteiger partial charge in [-0.2, -0.15) is 0 Å². The monoisotopic (exact) mass is 345 g/mol. The van der Waals surface area contributed by atoms with Gasteiger partial charge in [0.1, 0.15) is 12.4 Å². The molecule has 0 amide bonds. The van der Waals surface area contributed by atoms with E-state index < -0.39 is 0 Å². The van der Waals surface area contributed by atoms with Gasteiger partial charge in [-0.15, -0.1) is 0 Å². The second kappa shape index (κ2) is 7.51. The molecule has 2 heteroatoms. The Kier molecular flexibility index (Phi) is 4.94. The first-order chi connectivity index (χ1) is 12.7. The molecule has 1 aliphatic heterocycles. The second-order valence-corrected chi connectivity index (χ2v) is 7.39. The third kappa shape index (κ3) is 3.61. The molecule has 26 heavy (non-hydrogen) atoms. The highest BCUT2D eigenvalue weighted by Crippen LogP contribution is 2.33. The first-order valence-corrected chi connectivity index (χ1v) is 9.61. The Morgan fingerprint density at radius 2 is 2.00 bits per heavy atom. The molecule has 0 N–H and O–H groups in total. The Hall–Kier alpha value is -2.32. The van der Waals surface area contributed by atoms with Crippen LogP contribution in [0, 0.1) is 0 Å². The molecule has 0 fully saturated rings. The van der Waals surface area contributed by atoms with E-state index >= 15 is 0 Å². The fourth-order valence-electron chi connectivity index (χ4n) is 3.89. The molecule has 1 heterocycles. The van der Waals surface area contributed by atoms with Crippen molar-refractivity contribution < 1.29 is 4.74 Å². The molecule has 0 atom stereocenters. The standard InChI is InChI=1S/C24H27NO/c1-3-18(2)16-25-12-13-26-24-11-10-22(15-23(24)17-25)21-9-8-19-6-4-5-7-20(19)14-21/h3-7,10-11,14-15H,8-9,12-13,16-17H2,1-2H3/b18-3+. The first-order valence-electron chi connectivity index (χ1n) is 9.61. The van der Waals surface area contributed by atoms with Crippen LogP contribution >= 0.6 is 0 Å². The topological polar surface area (TPSA) is 12.5 Å². The number of rotatable bonds is 3. The lowest BCUT2D eigenvalue weighted by molar-refractivity contribution is 0.239. The van der Waals surface area contributed by atoms with E-state index in [4.69, 9.17) is 4.74 Å². The van der Waals surface area contributed by atoms with Crippen molar-refractivity contribution in [2.45, 2.75) is 33.2 Å². The number of hydrogen-bond donors (Lipinski definition) is 0. The van der Waals surface area contributed by atoms with Gasteiger partial charge in [0.15, 0.2) is 0 Å². The number of hydrogen-bond acceptors (Lipinski definition) is 2. The molecule has 0 spiro atoms. The Balaban J connectivity index is 1.62. The molecule has 2 aromatic carbocycles. The molecule has 134 valence electrons. The molecule has 0 saturated carbocycles. The van der Waals surface area contributed by atoms with E-state index in [-0.39, 0.29) is 0 Å². The number of fused-ring (bicyclic) bond motifs is 2. The van der Waals surface area contributed by atoms with Crippen molar-refractivity contribution in [2.24, 2.45) is 0 Å². The van der Waals surface area contributed by atoms with Gasteiger partial charge in [-0.25, -0.2) is 0 Å². The van der Waals surface area contributed by atoms with E-state index in [0.29, 0.717) is 0 Å². The van der Waals surface area contributed by atoms with E-state index in [1.54, 1.807) is 0 Å². The summed E-state index contributed by atoms with van der Waals surface area (Å²) in [6, 6.07) is 15.5. The summed E-state index contributed by atoms with van der Waals surface area (Å²) in [5.74, 6) is 1.05. The predicted molar refractivity (Wildman–Crippen MR) is 109 cm³/mol. The Morgan fingerprint density at radius 3 is 2.88 bits per heavy atom. The summed E-state index contributed by atoms with van der Waals surface area (Å²) < 4.78 is 6.01. The molecule has 1 aliphatic carbocycles. The Morgan fingerprint density at radius 1 is 1.12 bits per heavy atom. The molecular formula is C24H27NO. The van der Waals surface area contributed by atoms with Crippen LogP contribution in [0.1, 0.15) is 42.5 Å². The smallest absolute Gasteiger partial charge is 0.123 e. The average Bonchev–Trinajstić information content (AvgIpc) is 2.88. The maximum Gasteiger partial charge on any atom is 0.123 e. The molecule has 4 rings (SSSR count). The minimum absolute atomic E-state index is 0.763. The second-order valence-electron chi connectivity index (χ2n) is 7.39. The lowest BCUT2D eigenvalue weighted by Gasteiger charge is -2.20. The van der Waals surface area contributed by atoms with Crippen molar-refractivity contribution in [3.63, 3.8) is 0 Å². The number of nitrogens with zero attached hydrogens (tertiary/aromatic N) is 1. The van der Waals surface area contributed by atoms with Crippen LogP contribution in [0.15, 0.2) is 54.1 Å². The van der Waals surface area contributed by atoms with Gasteiger partial charge >= 0.3 is 0 Å². The quantitative estimate of drug-likeness (QED) is 0.697. The SMILES string of the molecule is C/C=C(\C)CN1CCOc2ccc(C3=Cc4ccccc4CC3)cc2C1. The zero-order valence-corrected chi connectivity index (χ0v) is 15.8. The van der Waals surface area contributed by atoms with Crippen molar-refractivity contribution in [1.82, 2.24) is 4.90 Å². The zero-order chi connectivity index (χ0) is 17.9.